The van der Waals surface area contributed by atoms with Crippen molar-refractivity contribution in [3.8, 4) is 11.5 Å². The van der Waals surface area contributed by atoms with Crippen molar-refractivity contribution in [1.82, 2.24) is 5.06 Å². The number of fused-ring (bicyclic) bond motifs is 1. The van der Waals surface area contributed by atoms with Crippen molar-refractivity contribution < 1.29 is 19.6 Å². The number of oxime groups is 1. The number of carbonyl (C=O) groups is 1. The Hall–Kier alpha value is -3.10. The molecule has 1 heterocycles. The topological polar surface area (TPSA) is 97.4 Å². The molecule has 0 unspecified atom stereocenters. The van der Waals surface area contributed by atoms with Gasteiger partial charge in [-0.2, -0.15) is 0 Å². The van der Waals surface area contributed by atoms with Crippen molar-refractivity contribution in [2.75, 3.05) is 13.2 Å². The Morgan fingerprint density at radius 2 is 2.00 bits per heavy atom. The van der Waals surface area contributed by atoms with Gasteiger partial charge in [-0.25, -0.2) is 9.86 Å². The van der Waals surface area contributed by atoms with Crippen LogP contribution in [0.15, 0.2) is 59.1 Å². The van der Waals surface area contributed by atoms with E-state index in [4.69, 9.17) is 20.5 Å². The lowest BCUT2D eigenvalue weighted by Gasteiger charge is -2.09. The van der Waals surface area contributed by atoms with Crippen LogP contribution in [-0.2, 0) is 4.84 Å². The number of benzene rings is 2. The molecule has 1 aromatic heterocycles. The molecular formula is C18H17N3O4S. The lowest BCUT2D eigenvalue weighted by Crippen LogP contribution is -2.34. The Morgan fingerprint density at radius 1 is 1.23 bits per heavy atom. The van der Waals surface area contributed by atoms with Gasteiger partial charge in [0.1, 0.15) is 18.1 Å². The Bertz CT molecular complexity index is 908. The first-order chi connectivity index (χ1) is 12.6. The molecule has 2 aromatic carbocycles. The molecule has 3 N–H and O–H groups in total. The fraction of sp³-hybridized carbons (Fsp3) is 0.111. The van der Waals surface area contributed by atoms with E-state index in [1.807, 2.05) is 47.8 Å². The van der Waals surface area contributed by atoms with Gasteiger partial charge in [-0.15, -0.1) is 11.3 Å². The predicted molar refractivity (Wildman–Crippen MR) is 100.0 cm³/mol. The van der Waals surface area contributed by atoms with Crippen molar-refractivity contribution in [2.24, 2.45) is 10.9 Å². The third-order valence-corrected chi connectivity index (χ3v) is 4.42. The quantitative estimate of drug-likeness (QED) is 0.286. The molecule has 2 amide bonds. The molecule has 0 aliphatic rings. The number of amides is 2. The maximum absolute atomic E-state index is 10.6. The summed E-state index contributed by atoms with van der Waals surface area (Å²) in [5, 5.41) is 16.3. The van der Waals surface area contributed by atoms with Gasteiger partial charge in [0.05, 0.1) is 12.8 Å². The van der Waals surface area contributed by atoms with E-state index in [0.29, 0.717) is 5.06 Å². The summed E-state index contributed by atoms with van der Waals surface area (Å²) in [5.41, 5.74) is 5.69. The molecule has 3 aromatic rings. The van der Waals surface area contributed by atoms with Crippen LogP contribution in [0.4, 0.5) is 4.79 Å². The normalized spacial score (nSPS) is 11.0. The van der Waals surface area contributed by atoms with E-state index >= 15 is 0 Å². The minimum atomic E-state index is -0.938. The number of carbonyl (C=O) groups excluding carboxylic acids is 1. The van der Waals surface area contributed by atoms with Gasteiger partial charge >= 0.3 is 6.03 Å². The van der Waals surface area contributed by atoms with Crippen LogP contribution in [-0.4, -0.2) is 35.7 Å². The van der Waals surface area contributed by atoms with Gasteiger partial charge in [0.2, 0.25) is 0 Å². The van der Waals surface area contributed by atoms with Gasteiger partial charge in [0, 0.05) is 15.5 Å². The average Bonchev–Trinajstić information content (AvgIpc) is 3.05. The van der Waals surface area contributed by atoms with Crippen LogP contribution in [0.2, 0.25) is 0 Å². The second-order valence-corrected chi connectivity index (χ2v) is 6.21. The van der Waals surface area contributed by atoms with E-state index in [-0.39, 0.29) is 13.2 Å². The molecule has 8 heteroatoms. The fourth-order valence-electron chi connectivity index (χ4n) is 2.17. The van der Waals surface area contributed by atoms with E-state index < -0.39 is 6.03 Å². The van der Waals surface area contributed by atoms with Crippen LogP contribution in [0.5, 0.6) is 11.5 Å². The number of urea groups is 1. The number of nitrogens with zero attached hydrogens (tertiary/aromatic N) is 2. The Balaban J connectivity index is 1.53. The first-order valence-electron chi connectivity index (χ1n) is 7.79. The zero-order valence-corrected chi connectivity index (χ0v) is 14.6. The second kappa shape index (κ2) is 8.32. The summed E-state index contributed by atoms with van der Waals surface area (Å²) in [6, 6.07) is 14.5. The monoisotopic (exact) mass is 371 g/mol. The molecule has 0 aliphatic carbocycles. The van der Waals surface area contributed by atoms with E-state index in [2.05, 4.69) is 11.2 Å². The third kappa shape index (κ3) is 4.50. The Labute approximate surface area is 153 Å². The van der Waals surface area contributed by atoms with Crippen molar-refractivity contribution in [3.63, 3.8) is 0 Å². The van der Waals surface area contributed by atoms with Crippen LogP contribution < -0.4 is 10.5 Å². The zero-order valence-electron chi connectivity index (χ0n) is 13.7. The summed E-state index contributed by atoms with van der Waals surface area (Å²) in [5.74, 6) is 1.56. The van der Waals surface area contributed by atoms with Gasteiger partial charge in [0.25, 0.3) is 0 Å². The van der Waals surface area contributed by atoms with Crippen molar-refractivity contribution in [2.45, 2.75) is 0 Å². The highest BCUT2D eigenvalue weighted by atomic mass is 32.1. The number of hydrogen-bond acceptors (Lipinski definition) is 6. The lowest BCUT2D eigenvalue weighted by molar-refractivity contribution is -0.0559. The molecule has 0 bridgehead atoms. The fourth-order valence-corrected chi connectivity index (χ4v) is 3.03. The zero-order chi connectivity index (χ0) is 18.4. The average molecular weight is 371 g/mol. The summed E-state index contributed by atoms with van der Waals surface area (Å²) >= 11 is 1.64. The highest BCUT2D eigenvalue weighted by Gasteiger charge is 2.06. The molecule has 0 atom stereocenters. The van der Waals surface area contributed by atoms with E-state index in [1.165, 1.54) is 10.9 Å². The van der Waals surface area contributed by atoms with Crippen LogP contribution in [0.3, 0.4) is 0 Å². The largest absolute Gasteiger partial charge is 0.456 e. The second-order valence-electron chi connectivity index (χ2n) is 5.30. The summed E-state index contributed by atoms with van der Waals surface area (Å²) in [6.45, 7) is -0.0313. The molecule has 0 radical (unpaired) electrons. The molecule has 7 nitrogen and oxygen atoms in total. The number of thiophene rings is 1. The lowest BCUT2D eigenvalue weighted by atomic mass is 10.2. The molecular weight excluding hydrogens is 354 g/mol. The first kappa shape index (κ1) is 17.7. The third-order valence-electron chi connectivity index (χ3n) is 3.48. The number of rotatable bonds is 7. The van der Waals surface area contributed by atoms with Crippen LogP contribution >= 0.6 is 11.3 Å². The highest BCUT2D eigenvalue weighted by molar-refractivity contribution is 7.17. The van der Waals surface area contributed by atoms with Crippen LogP contribution in [0, 0.1) is 0 Å². The molecule has 0 spiro atoms. The highest BCUT2D eigenvalue weighted by Crippen LogP contribution is 2.34. The summed E-state index contributed by atoms with van der Waals surface area (Å²) in [4.78, 5) is 15.5. The van der Waals surface area contributed by atoms with E-state index in [9.17, 15) is 4.79 Å². The van der Waals surface area contributed by atoms with Gasteiger partial charge in [-0.05, 0) is 42.0 Å². The predicted octanol–water partition coefficient (Wildman–Crippen LogP) is 3.81. The summed E-state index contributed by atoms with van der Waals surface area (Å²) < 4.78 is 7.12. The molecule has 3 rings (SSSR count). The Morgan fingerprint density at radius 3 is 2.77 bits per heavy atom. The minimum Gasteiger partial charge on any atom is -0.456 e. The maximum atomic E-state index is 10.6. The standard InChI is InChI=1S/C18H17N3O4S/c19-18(22)21(23)9-10-24-20-11-13-5-7-14(8-6-13)25-16-12-26-17-4-2-1-3-15(16)17/h1-8,11-12,23H,9-10H2,(H2,19,22)/b20-11+. The van der Waals surface area contributed by atoms with Crippen molar-refractivity contribution in [3.05, 3.63) is 59.5 Å². The number of hydroxylamine groups is 2. The molecule has 26 heavy (non-hydrogen) atoms. The first-order valence-corrected chi connectivity index (χ1v) is 8.67. The molecule has 0 aliphatic heterocycles. The van der Waals surface area contributed by atoms with E-state index in [0.717, 1.165) is 22.4 Å². The minimum absolute atomic E-state index is 0.0301. The smallest absolute Gasteiger partial charge is 0.338 e. The van der Waals surface area contributed by atoms with E-state index in [1.54, 1.807) is 11.3 Å². The molecule has 0 saturated carbocycles. The number of ether oxygens (including phenoxy) is 1. The van der Waals surface area contributed by atoms with Crippen molar-refractivity contribution >= 4 is 33.7 Å². The summed E-state index contributed by atoms with van der Waals surface area (Å²) in [7, 11) is 0. The van der Waals surface area contributed by atoms with Gasteiger partial charge < -0.3 is 15.3 Å². The molecule has 0 fully saturated rings. The number of primary amides is 1. The van der Waals surface area contributed by atoms with Crippen LogP contribution in [0.1, 0.15) is 5.56 Å². The maximum Gasteiger partial charge on any atom is 0.338 e. The number of hydrogen-bond donors (Lipinski definition) is 2. The van der Waals surface area contributed by atoms with Crippen LogP contribution in [0.25, 0.3) is 10.1 Å². The number of nitrogens with two attached hydrogens (primary N) is 1. The molecule has 134 valence electrons. The van der Waals surface area contributed by atoms with Crippen molar-refractivity contribution in [1.29, 1.82) is 0 Å². The van der Waals surface area contributed by atoms with Gasteiger partial charge in [-0.3, -0.25) is 5.21 Å². The Kier molecular flexibility index (Phi) is 5.67. The van der Waals surface area contributed by atoms with Gasteiger partial charge in [0.15, 0.2) is 0 Å². The molecule has 0 saturated heterocycles. The SMILES string of the molecule is NC(=O)N(O)CCO/N=C/c1ccc(Oc2csc3ccccc23)cc1. The van der Waals surface area contributed by atoms with Gasteiger partial charge in [-0.1, -0.05) is 17.3 Å². The summed E-state index contributed by atoms with van der Waals surface area (Å²) in [6.07, 6.45) is 1.52.